The predicted molar refractivity (Wildman–Crippen MR) is 79.9 cm³/mol. The molecule has 0 saturated heterocycles. The second-order valence-corrected chi connectivity index (χ2v) is 6.62. The number of urea groups is 1. The van der Waals surface area contributed by atoms with E-state index in [0.29, 0.717) is 6.04 Å². The van der Waals surface area contributed by atoms with Gasteiger partial charge in [-0.2, -0.15) is 0 Å². The standard InChI is InChI=1S/C17H22N2O/c20-17(19-16-9-6-12-5-8-15(12)16)18-14-7-4-11-2-1-3-13(11)10-14/h4,7,10,12,15-16H,1-3,5-6,8-9H2,(H2,18,19,20)/t12-,15-,16?/m0/s1. The monoisotopic (exact) mass is 270 g/mol. The Morgan fingerprint density at radius 1 is 1.05 bits per heavy atom. The van der Waals surface area contributed by atoms with Gasteiger partial charge >= 0.3 is 6.03 Å². The summed E-state index contributed by atoms with van der Waals surface area (Å²) < 4.78 is 0. The molecule has 2 amide bonds. The van der Waals surface area contributed by atoms with Crippen molar-refractivity contribution in [3.63, 3.8) is 0 Å². The fraction of sp³-hybridized carbons (Fsp3) is 0.588. The number of anilines is 1. The van der Waals surface area contributed by atoms with Gasteiger partial charge in [-0.1, -0.05) is 6.07 Å². The number of benzene rings is 1. The molecule has 2 fully saturated rings. The average Bonchev–Trinajstić information content (AvgIpc) is 2.93. The van der Waals surface area contributed by atoms with Gasteiger partial charge in [0.15, 0.2) is 0 Å². The zero-order valence-corrected chi connectivity index (χ0v) is 11.8. The molecule has 1 aromatic rings. The lowest BCUT2D eigenvalue weighted by Gasteiger charge is -2.34. The number of nitrogens with one attached hydrogen (secondary N) is 2. The molecule has 0 aromatic heterocycles. The fourth-order valence-corrected chi connectivity index (χ4v) is 4.26. The van der Waals surface area contributed by atoms with Gasteiger partial charge in [0.2, 0.25) is 0 Å². The summed E-state index contributed by atoms with van der Waals surface area (Å²) in [6.07, 6.45) is 8.72. The maximum Gasteiger partial charge on any atom is 0.319 e. The number of fused-ring (bicyclic) bond motifs is 2. The van der Waals surface area contributed by atoms with Gasteiger partial charge in [0, 0.05) is 11.7 Å². The van der Waals surface area contributed by atoms with E-state index < -0.39 is 0 Å². The molecule has 2 saturated carbocycles. The number of rotatable bonds is 2. The van der Waals surface area contributed by atoms with E-state index in [9.17, 15) is 4.79 Å². The van der Waals surface area contributed by atoms with Gasteiger partial charge in [-0.15, -0.1) is 0 Å². The number of hydrogen-bond acceptors (Lipinski definition) is 1. The third kappa shape index (κ3) is 2.09. The van der Waals surface area contributed by atoms with Crippen molar-refractivity contribution in [2.45, 2.75) is 51.0 Å². The first-order valence-corrected chi connectivity index (χ1v) is 7.99. The van der Waals surface area contributed by atoms with E-state index in [-0.39, 0.29) is 6.03 Å². The van der Waals surface area contributed by atoms with Crippen molar-refractivity contribution in [1.82, 2.24) is 5.32 Å². The highest BCUT2D eigenvalue weighted by Gasteiger charge is 2.42. The predicted octanol–water partition coefficient (Wildman–Crippen LogP) is 3.49. The molecule has 0 aliphatic heterocycles. The van der Waals surface area contributed by atoms with Crippen molar-refractivity contribution < 1.29 is 4.79 Å². The first-order chi connectivity index (χ1) is 9.79. The Morgan fingerprint density at radius 2 is 1.90 bits per heavy atom. The van der Waals surface area contributed by atoms with Gasteiger partial charge in [0.25, 0.3) is 0 Å². The molecule has 1 aromatic carbocycles. The first-order valence-electron chi connectivity index (χ1n) is 7.99. The SMILES string of the molecule is O=C(Nc1ccc2c(c1)CCC2)NC1CC[C@@H]2CC[C@H]12. The normalized spacial score (nSPS) is 30.3. The third-order valence-corrected chi connectivity index (χ3v) is 5.51. The van der Waals surface area contributed by atoms with Crippen LogP contribution in [-0.2, 0) is 12.8 Å². The molecular formula is C17H22N2O. The summed E-state index contributed by atoms with van der Waals surface area (Å²) in [4.78, 5) is 12.1. The van der Waals surface area contributed by atoms with Gasteiger partial charge in [0.05, 0.1) is 0 Å². The highest BCUT2D eigenvalue weighted by atomic mass is 16.2. The van der Waals surface area contributed by atoms with Crippen LogP contribution in [0.1, 0.15) is 43.2 Å². The van der Waals surface area contributed by atoms with Crippen LogP contribution >= 0.6 is 0 Å². The average molecular weight is 270 g/mol. The van der Waals surface area contributed by atoms with Crippen LogP contribution in [0.25, 0.3) is 0 Å². The minimum absolute atomic E-state index is 0.0273. The molecule has 0 spiro atoms. The minimum atomic E-state index is -0.0273. The van der Waals surface area contributed by atoms with E-state index in [1.165, 1.54) is 43.2 Å². The molecular weight excluding hydrogens is 248 g/mol. The number of carbonyl (C=O) groups is 1. The number of hydrogen-bond donors (Lipinski definition) is 2. The second-order valence-electron chi connectivity index (χ2n) is 6.62. The summed E-state index contributed by atoms with van der Waals surface area (Å²) in [5.74, 6) is 1.64. The lowest BCUT2D eigenvalue weighted by atomic mass is 9.75. The van der Waals surface area contributed by atoms with Crippen molar-refractivity contribution >= 4 is 11.7 Å². The van der Waals surface area contributed by atoms with E-state index in [1.807, 2.05) is 6.07 Å². The maximum atomic E-state index is 12.1. The molecule has 106 valence electrons. The quantitative estimate of drug-likeness (QED) is 0.848. The highest BCUT2D eigenvalue weighted by molar-refractivity contribution is 5.89. The van der Waals surface area contributed by atoms with E-state index in [0.717, 1.165) is 30.4 Å². The third-order valence-electron chi connectivity index (χ3n) is 5.51. The zero-order valence-electron chi connectivity index (χ0n) is 11.8. The Balaban J connectivity index is 1.37. The summed E-state index contributed by atoms with van der Waals surface area (Å²) in [7, 11) is 0. The van der Waals surface area contributed by atoms with Crippen LogP contribution in [0, 0.1) is 11.8 Å². The van der Waals surface area contributed by atoms with Crippen molar-refractivity contribution in [1.29, 1.82) is 0 Å². The van der Waals surface area contributed by atoms with Crippen LogP contribution in [0.5, 0.6) is 0 Å². The molecule has 3 nitrogen and oxygen atoms in total. The molecule has 1 unspecified atom stereocenters. The first kappa shape index (κ1) is 12.2. The Kier molecular flexibility index (Phi) is 2.94. The zero-order chi connectivity index (χ0) is 13.5. The molecule has 4 rings (SSSR count). The topological polar surface area (TPSA) is 41.1 Å². The summed E-state index contributed by atoms with van der Waals surface area (Å²) >= 11 is 0. The van der Waals surface area contributed by atoms with Crippen LogP contribution in [0.4, 0.5) is 10.5 Å². The Labute approximate surface area is 120 Å². The van der Waals surface area contributed by atoms with Gasteiger partial charge < -0.3 is 10.6 Å². The van der Waals surface area contributed by atoms with Crippen LogP contribution in [0.15, 0.2) is 18.2 Å². The van der Waals surface area contributed by atoms with Gasteiger partial charge in [-0.3, -0.25) is 0 Å². The van der Waals surface area contributed by atoms with Gasteiger partial charge in [-0.25, -0.2) is 4.79 Å². The van der Waals surface area contributed by atoms with Gasteiger partial charge in [0.1, 0.15) is 0 Å². The van der Waals surface area contributed by atoms with Crippen molar-refractivity contribution in [3.05, 3.63) is 29.3 Å². The molecule has 0 heterocycles. The Morgan fingerprint density at radius 3 is 2.70 bits per heavy atom. The molecule has 3 aliphatic carbocycles. The molecule has 0 bridgehead atoms. The Hall–Kier alpha value is -1.51. The molecule has 2 N–H and O–H groups in total. The van der Waals surface area contributed by atoms with Crippen LogP contribution < -0.4 is 10.6 Å². The molecule has 0 radical (unpaired) electrons. The summed E-state index contributed by atoms with van der Waals surface area (Å²) in [5, 5.41) is 6.18. The molecule has 3 atom stereocenters. The Bertz CT molecular complexity index is 540. The fourth-order valence-electron chi connectivity index (χ4n) is 4.26. The van der Waals surface area contributed by atoms with E-state index in [4.69, 9.17) is 0 Å². The molecule has 3 aliphatic rings. The van der Waals surface area contributed by atoms with Crippen molar-refractivity contribution in [3.8, 4) is 0 Å². The van der Waals surface area contributed by atoms with E-state index >= 15 is 0 Å². The number of carbonyl (C=O) groups excluding carboxylic acids is 1. The largest absolute Gasteiger partial charge is 0.335 e. The van der Waals surface area contributed by atoms with E-state index in [2.05, 4.69) is 22.8 Å². The van der Waals surface area contributed by atoms with Crippen molar-refractivity contribution in [2.24, 2.45) is 11.8 Å². The van der Waals surface area contributed by atoms with Crippen LogP contribution in [-0.4, -0.2) is 12.1 Å². The van der Waals surface area contributed by atoms with Crippen LogP contribution in [0.2, 0.25) is 0 Å². The number of amides is 2. The summed E-state index contributed by atoms with van der Waals surface area (Å²) in [6, 6.07) is 6.71. The lowest BCUT2D eigenvalue weighted by molar-refractivity contribution is 0.186. The lowest BCUT2D eigenvalue weighted by Crippen LogP contribution is -2.43. The summed E-state index contributed by atoms with van der Waals surface area (Å²) in [5.41, 5.74) is 3.79. The van der Waals surface area contributed by atoms with Crippen molar-refractivity contribution in [2.75, 3.05) is 5.32 Å². The smallest absolute Gasteiger partial charge is 0.319 e. The van der Waals surface area contributed by atoms with E-state index in [1.54, 1.807) is 0 Å². The molecule has 3 heteroatoms. The van der Waals surface area contributed by atoms with Gasteiger partial charge in [-0.05, 0) is 80.0 Å². The molecule has 20 heavy (non-hydrogen) atoms. The second kappa shape index (κ2) is 4.80. The minimum Gasteiger partial charge on any atom is -0.335 e. The summed E-state index contributed by atoms with van der Waals surface area (Å²) in [6.45, 7) is 0. The van der Waals surface area contributed by atoms with Crippen LogP contribution in [0.3, 0.4) is 0 Å². The highest BCUT2D eigenvalue weighted by Crippen LogP contribution is 2.46. The maximum absolute atomic E-state index is 12.1. The number of aryl methyl sites for hydroxylation is 2.